The van der Waals surface area contributed by atoms with Gasteiger partial charge in [0.05, 0.1) is 12.0 Å². The van der Waals surface area contributed by atoms with E-state index in [4.69, 9.17) is 23.2 Å². The number of aryl methyl sites for hydroxylation is 1. The number of carbonyl (C=O) groups excluding carboxylic acids is 2. The van der Waals surface area contributed by atoms with Gasteiger partial charge in [-0.2, -0.15) is 0 Å². The van der Waals surface area contributed by atoms with Crippen LogP contribution in [0.5, 0.6) is 0 Å². The molecule has 0 spiro atoms. The van der Waals surface area contributed by atoms with E-state index in [1.54, 1.807) is 12.1 Å². The summed E-state index contributed by atoms with van der Waals surface area (Å²) in [6.45, 7) is 4.50. The number of nitrogens with zero attached hydrogens (tertiary/aromatic N) is 1. The van der Waals surface area contributed by atoms with Crippen LogP contribution in [0.25, 0.3) is 0 Å². The quantitative estimate of drug-likeness (QED) is 0.432. The van der Waals surface area contributed by atoms with Crippen LogP contribution >= 0.6 is 23.2 Å². The molecule has 0 heterocycles. The maximum atomic E-state index is 12.1. The van der Waals surface area contributed by atoms with E-state index in [0.29, 0.717) is 30.4 Å². The number of amides is 1. The Bertz CT molecular complexity index is 537. The SMILES string of the molecule is Cc1ccc(C(=O)N[C@@H](C)C(=O)[O-])cc1N(CCCl)CCCl.[Na+]. The molecule has 122 valence electrons. The fourth-order valence-corrected chi connectivity index (χ4v) is 2.40. The number of hydrogen-bond acceptors (Lipinski definition) is 4. The van der Waals surface area contributed by atoms with E-state index in [0.717, 1.165) is 11.3 Å². The van der Waals surface area contributed by atoms with Gasteiger partial charge in [0.15, 0.2) is 0 Å². The van der Waals surface area contributed by atoms with E-state index < -0.39 is 17.9 Å². The second kappa shape index (κ2) is 11.2. The molecule has 1 N–H and O–H groups in total. The molecule has 1 rings (SSSR count). The van der Waals surface area contributed by atoms with E-state index in [9.17, 15) is 14.7 Å². The molecule has 1 aromatic rings. The second-order valence-electron chi connectivity index (χ2n) is 4.88. The maximum Gasteiger partial charge on any atom is 1.00 e. The predicted molar refractivity (Wildman–Crippen MR) is 86.8 cm³/mol. The molecule has 0 aliphatic rings. The number of benzene rings is 1. The molecule has 0 aliphatic heterocycles. The van der Waals surface area contributed by atoms with Gasteiger partial charge < -0.3 is 20.1 Å². The Kier molecular flexibility index (Phi) is 10.9. The van der Waals surface area contributed by atoms with Crippen molar-refractivity contribution >= 4 is 40.8 Å². The fraction of sp³-hybridized carbons (Fsp3) is 0.467. The Labute approximate surface area is 168 Å². The van der Waals surface area contributed by atoms with Gasteiger partial charge in [-0.15, -0.1) is 23.2 Å². The van der Waals surface area contributed by atoms with Crippen molar-refractivity contribution in [3.8, 4) is 0 Å². The minimum atomic E-state index is -1.33. The number of anilines is 1. The Balaban J connectivity index is 0.00000484. The summed E-state index contributed by atoms with van der Waals surface area (Å²) in [6.07, 6.45) is 0. The molecule has 8 heteroatoms. The third-order valence-electron chi connectivity index (χ3n) is 3.22. The van der Waals surface area contributed by atoms with Gasteiger partial charge in [0.1, 0.15) is 0 Å². The molecule has 0 fully saturated rings. The molecule has 5 nitrogen and oxygen atoms in total. The average molecular weight is 369 g/mol. The number of halogens is 2. The van der Waals surface area contributed by atoms with Crippen LogP contribution in [0.4, 0.5) is 5.69 Å². The second-order valence-corrected chi connectivity index (χ2v) is 5.64. The third-order valence-corrected chi connectivity index (χ3v) is 3.56. The molecule has 0 unspecified atom stereocenters. The standard InChI is InChI=1S/C15H20Cl2N2O3.Na/c1-10-3-4-12(14(20)18-11(2)15(21)22)9-13(10)19(7-5-16)8-6-17;/h3-4,9,11H,5-8H2,1-2H3,(H,18,20)(H,21,22);/q;+1/p-1/t11-;/m0./s1. The number of carboxylic acid groups (broad SMARTS) is 1. The number of aliphatic carboxylic acids is 1. The Morgan fingerprint density at radius 2 is 1.83 bits per heavy atom. The van der Waals surface area contributed by atoms with E-state index in [1.807, 2.05) is 17.9 Å². The van der Waals surface area contributed by atoms with Crippen molar-refractivity contribution in [2.75, 3.05) is 29.7 Å². The smallest absolute Gasteiger partial charge is 0.548 e. The fourth-order valence-electron chi connectivity index (χ4n) is 1.99. The van der Waals surface area contributed by atoms with Crippen LogP contribution in [-0.2, 0) is 4.79 Å². The van der Waals surface area contributed by atoms with Crippen molar-refractivity contribution in [1.29, 1.82) is 0 Å². The summed E-state index contributed by atoms with van der Waals surface area (Å²) in [4.78, 5) is 24.8. The maximum absolute atomic E-state index is 12.1. The Morgan fingerprint density at radius 3 is 2.30 bits per heavy atom. The number of nitrogens with one attached hydrogen (secondary N) is 1. The molecule has 0 bridgehead atoms. The number of rotatable bonds is 8. The first-order valence-corrected chi connectivity index (χ1v) is 7.96. The van der Waals surface area contributed by atoms with Crippen molar-refractivity contribution in [1.82, 2.24) is 5.32 Å². The van der Waals surface area contributed by atoms with Gasteiger partial charge in [-0.05, 0) is 31.5 Å². The molecule has 1 aromatic carbocycles. The van der Waals surface area contributed by atoms with Crippen LogP contribution in [-0.4, -0.2) is 42.8 Å². The number of hydrogen-bond donors (Lipinski definition) is 1. The van der Waals surface area contributed by atoms with Crippen LogP contribution in [0.3, 0.4) is 0 Å². The summed E-state index contributed by atoms with van der Waals surface area (Å²) >= 11 is 11.6. The molecule has 0 radical (unpaired) electrons. The zero-order valence-corrected chi connectivity index (χ0v) is 17.1. The van der Waals surface area contributed by atoms with Crippen molar-refractivity contribution in [2.24, 2.45) is 0 Å². The van der Waals surface area contributed by atoms with Gasteiger partial charge >= 0.3 is 29.6 Å². The van der Waals surface area contributed by atoms with Gasteiger partial charge in [-0.1, -0.05) is 6.07 Å². The van der Waals surface area contributed by atoms with Crippen LogP contribution < -0.4 is 44.9 Å². The van der Waals surface area contributed by atoms with E-state index in [-0.39, 0.29) is 29.6 Å². The van der Waals surface area contributed by atoms with Crippen molar-refractivity contribution < 1.29 is 44.3 Å². The van der Waals surface area contributed by atoms with Crippen molar-refractivity contribution in [2.45, 2.75) is 19.9 Å². The molecule has 0 saturated heterocycles. The average Bonchev–Trinajstić information content (AvgIpc) is 2.47. The molecule has 0 saturated carbocycles. The van der Waals surface area contributed by atoms with Gasteiger partial charge in [0.2, 0.25) is 0 Å². The molecule has 0 aliphatic carbocycles. The van der Waals surface area contributed by atoms with Crippen molar-refractivity contribution in [3.63, 3.8) is 0 Å². The van der Waals surface area contributed by atoms with Gasteiger partial charge in [0.25, 0.3) is 5.91 Å². The number of carbonyl (C=O) groups is 2. The molecule has 1 atom stereocenters. The summed E-state index contributed by atoms with van der Waals surface area (Å²) in [6, 6.07) is 4.12. The van der Waals surface area contributed by atoms with Crippen LogP contribution in [0.2, 0.25) is 0 Å². The molecule has 1 amide bonds. The molecular formula is C15H19Cl2N2NaO3. The molecule has 0 aromatic heterocycles. The zero-order chi connectivity index (χ0) is 16.7. The summed E-state index contributed by atoms with van der Waals surface area (Å²) < 4.78 is 0. The summed E-state index contributed by atoms with van der Waals surface area (Å²) in [7, 11) is 0. The summed E-state index contributed by atoms with van der Waals surface area (Å²) in [5.41, 5.74) is 2.22. The van der Waals surface area contributed by atoms with E-state index in [2.05, 4.69) is 5.32 Å². The largest absolute Gasteiger partial charge is 1.00 e. The Morgan fingerprint density at radius 1 is 1.26 bits per heavy atom. The molecule has 23 heavy (non-hydrogen) atoms. The first-order chi connectivity index (χ1) is 10.4. The van der Waals surface area contributed by atoms with Crippen LogP contribution in [0, 0.1) is 6.92 Å². The zero-order valence-electron chi connectivity index (χ0n) is 13.6. The predicted octanol–water partition coefficient (Wildman–Crippen LogP) is -1.85. The van der Waals surface area contributed by atoms with Crippen LogP contribution in [0.15, 0.2) is 18.2 Å². The van der Waals surface area contributed by atoms with Gasteiger partial charge in [0, 0.05) is 36.1 Å². The van der Waals surface area contributed by atoms with Crippen molar-refractivity contribution in [3.05, 3.63) is 29.3 Å². The van der Waals surface area contributed by atoms with Crippen LogP contribution in [0.1, 0.15) is 22.8 Å². The third kappa shape index (κ3) is 6.89. The minimum Gasteiger partial charge on any atom is -0.548 e. The number of alkyl halides is 2. The van der Waals surface area contributed by atoms with E-state index in [1.165, 1.54) is 6.92 Å². The minimum absolute atomic E-state index is 0. The normalized spacial score (nSPS) is 11.3. The monoisotopic (exact) mass is 368 g/mol. The van der Waals surface area contributed by atoms with Gasteiger partial charge in [-0.25, -0.2) is 0 Å². The Hall–Kier alpha value is -0.460. The number of carboxylic acids is 1. The first kappa shape index (κ1) is 22.5. The summed E-state index contributed by atoms with van der Waals surface area (Å²) in [5, 5.41) is 13.1. The molecular weight excluding hydrogens is 350 g/mol. The summed E-state index contributed by atoms with van der Waals surface area (Å²) in [5.74, 6) is -0.913. The first-order valence-electron chi connectivity index (χ1n) is 6.90. The topological polar surface area (TPSA) is 72.5 Å². The van der Waals surface area contributed by atoms with E-state index >= 15 is 0 Å². The van der Waals surface area contributed by atoms with Gasteiger partial charge in [-0.3, -0.25) is 4.79 Å².